The third kappa shape index (κ3) is 2.86. The molecule has 0 radical (unpaired) electrons. The van der Waals surface area contributed by atoms with Crippen LogP contribution in [0.15, 0.2) is 0 Å². The molecule has 1 fully saturated rings. The highest BCUT2D eigenvalue weighted by atomic mass is 19.1. The molecule has 1 saturated heterocycles. The first-order valence-corrected chi connectivity index (χ1v) is 4.46. The molecule has 2 N–H and O–H groups in total. The molecule has 0 spiro atoms. The largest absolute Gasteiger partial charge is 0.465 e. The number of amides is 2. The Hall–Kier alpha value is -1.33. The first-order chi connectivity index (χ1) is 6.63. The van der Waals surface area contributed by atoms with E-state index in [4.69, 9.17) is 5.11 Å². The van der Waals surface area contributed by atoms with E-state index >= 15 is 0 Å². The zero-order valence-electron chi connectivity index (χ0n) is 7.70. The average molecular weight is 204 g/mol. The van der Waals surface area contributed by atoms with Crippen LogP contribution in [0.3, 0.4) is 0 Å². The van der Waals surface area contributed by atoms with Gasteiger partial charge in [0.15, 0.2) is 6.67 Å². The Morgan fingerprint density at radius 1 is 1.43 bits per heavy atom. The Morgan fingerprint density at radius 2 is 2.00 bits per heavy atom. The van der Waals surface area contributed by atoms with Crippen LogP contribution in [0.4, 0.5) is 9.18 Å². The lowest BCUT2D eigenvalue weighted by atomic mass is 10.1. The van der Waals surface area contributed by atoms with Crippen molar-refractivity contribution in [2.45, 2.75) is 18.9 Å². The number of piperidine rings is 1. The van der Waals surface area contributed by atoms with Gasteiger partial charge in [-0.3, -0.25) is 4.79 Å². The molecule has 80 valence electrons. The van der Waals surface area contributed by atoms with Gasteiger partial charge in [0, 0.05) is 19.1 Å². The molecule has 0 bridgehead atoms. The highest BCUT2D eigenvalue weighted by molar-refractivity contribution is 5.77. The van der Waals surface area contributed by atoms with Crippen molar-refractivity contribution in [2.75, 3.05) is 19.8 Å². The van der Waals surface area contributed by atoms with Crippen LogP contribution in [0.2, 0.25) is 0 Å². The van der Waals surface area contributed by atoms with E-state index in [1.54, 1.807) is 0 Å². The molecule has 1 aliphatic rings. The Balaban J connectivity index is 2.31. The number of nitrogens with zero attached hydrogens (tertiary/aromatic N) is 1. The molecule has 2 amide bonds. The number of carboxylic acid groups (broad SMARTS) is 1. The molecule has 0 aromatic carbocycles. The lowest BCUT2D eigenvalue weighted by molar-refractivity contribution is -0.133. The molecule has 0 atom stereocenters. The second-order valence-corrected chi connectivity index (χ2v) is 3.24. The fourth-order valence-corrected chi connectivity index (χ4v) is 1.53. The van der Waals surface area contributed by atoms with Gasteiger partial charge in [0.25, 0.3) is 5.91 Å². The van der Waals surface area contributed by atoms with Crippen LogP contribution < -0.4 is 5.32 Å². The van der Waals surface area contributed by atoms with Crippen LogP contribution in [0.25, 0.3) is 0 Å². The number of alkyl halides is 1. The van der Waals surface area contributed by atoms with Crippen LogP contribution in [0.1, 0.15) is 12.8 Å². The summed E-state index contributed by atoms with van der Waals surface area (Å²) < 4.78 is 12.0. The highest BCUT2D eigenvalue weighted by Crippen LogP contribution is 2.10. The van der Waals surface area contributed by atoms with E-state index < -0.39 is 18.7 Å². The SMILES string of the molecule is O=C(O)NC1CCN(C(=O)CF)CC1. The third-order valence-electron chi connectivity index (χ3n) is 2.29. The maximum absolute atomic E-state index is 12.0. The minimum absolute atomic E-state index is 0.115. The van der Waals surface area contributed by atoms with Crippen LogP contribution in [0, 0.1) is 0 Å². The summed E-state index contributed by atoms with van der Waals surface area (Å²) in [4.78, 5) is 22.6. The quantitative estimate of drug-likeness (QED) is 0.675. The molecular weight excluding hydrogens is 191 g/mol. The van der Waals surface area contributed by atoms with Crippen molar-refractivity contribution in [1.82, 2.24) is 10.2 Å². The number of nitrogens with one attached hydrogen (secondary N) is 1. The van der Waals surface area contributed by atoms with Crippen molar-refractivity contribution in [3.63, 3.8) is 0 Å². The molecule has 6 heteroatoms. The monoisotopic (exact) mass is 204 g/mol. The first-order valence-electron chi connectivity index (χ1n) is 4.46. The maximum atomic E-state index is 12.0. The predicted octanol–water partition coefficient (Wildman–Crippen LogP) is 0.214. The number of carbonyl (C=O) groups excluding carboxylic acids is 1. The molecule has 0 aromatic heterocycles. The van der Waals surface area contributed by atoms with Crippen molar-refractivity contribution >= 4 is 12.0 Å². The molecule has 1 rings (SSSR count). The normalized spacial score (nSPS) is 17.9. The van der Waals surface area contributed by atoms with Crippen LogP contribution in [-0.2, 0) is 4.79 Å². The Morgan fingerprint density at radius 3 is 2.43 bits per heavy atom. The lowest BCUT2D eigenvalue weighted by Gasteiger charge is -2.31. The van der Waals surface area contributed by atoms with Crippen molar-refractivity contribution in [2.24, 2.45) is 0 Å². The molecule has 0 saturated carbocycles. The fraction of sp³-hybridized carbons (Fsp3) is 0.750. The molecule has 5 nitrogen and oxygen atoms in total. The summed E-state index contributed by atoms with van der Waals surface area (Å²) >= 11 is 0. The molecule has 0 unspecified atom stereocenters. The Kier molecular flexibility index (Phi) is 3.67. The summed E-state index contributed by atoms with van der Waals surface area (Å²) in [6.07, 6.45) is 0.0519. The molecule has 1 heterocycles. The number of likely N-dealkylation sites (tertiary alicyclic amines) is 1. The standard InChI is InChI=1S/C8H13FN2O3/c9-5-7(12)11-3-1-6(2-4-11)10-8(13)14/h6,10H,1-5H2,(H,13,14). The second kappa shape index (κ2) is 4.78. The van der Waals surface area contributed by atoms with E-state index in [9.17, 15) is 14.0 Å². The second-order valence-electron chi connectivity index (χ2n) is 3.24. The summed E-state index contributed by atoms with van der Waals surface area (Å²) in [5.41, 5.74) is 0. The molecule has 0 aliphatic carbocycles. The van der Waals surface area contributed by atoms with Crippen molar-refractivity contribution in [3.05, 3.63) is 0 Å². The first kappa shape index (κ1) is 10.7. The molecule has 14 heavy (non-hydrogen) atoms. The third-order valence-corrected chi connectivity index (χ3v) is 2.29. The van der Waals surface area contributed by atoms with E-state index in [1.165, 1.54) is 4.90 Å². The zero-order valence-corrected chi connectivity index (χ0v) is 7.70. The number of halogens is 1. The van der Waals surface area contributed by atoms with Gasteiger partial charge >= 0.3 is 6.09 Å². The summed E-state index contributed by atoms with van der Waals surface area (Å²) in [5, 5.41) is 10.8. The minimum Gasteiger partial charge on any atom is -0.465 e. The number of rotatable bonds is 2. The van der Waals surface area contributed by atoms with E-state index in [-0.39, 0.29) is 6.04 Å². The van der Waals surface area contributed by atoms with E-state index in [0.717, 1.165) is 0 Å². The number of hydrogen-bond acceptors (Lipinski definition) is 2. The summed E-state index contributed by atoms with van der Waals surface area (Å²) in [6.45, 7) is -0.127. The zero-order chi connectivity index (χ0) is 10.6. The maximum Gasteiger partial charge on any atom is 0.404 e. The van der Waals surface area contributed by atoms with Gasteiger partial charge in [0.2, 0.25) is 0 Å². The summed E-state index contributed by atoms with van der Waals surface area (Å²) in [5.74, 6) is -0.515. The number of hydrogen-bond donors (Lipinski definition) is 2. The topological polar surface area (TPSA) is 69.6 Å². The smallest absolute Gasteiger partial charge is 0.404 e. The molecular formula is C8H13FN2O3. The van der Waals surface area contributed by atoms with Crippen LogP contribution >= 0.6 is 0 Å². The Bertz CT molecular complexity index is 227. The van der Waals surface area contributed by atoms with Gasteiger partial charge in [0.1, 0.15) is 0 Å². The van der Waals surface area contributed by atoms with Crippen molar-refractivity contribution < 1.29 is 19.1 Å². The van der Waals surface area contributed by atoms with E-state index in [2.05, 4.69) is 5.32 Å². The number of carbonyl (C=O) groups is 2. The predicted molar refractivity (Wildman–Crippen MR) is 46.7 cm³/mol. The molecule has 0 aromatic rings. The van der Waals surface area contributed by atoms with E-state index in [0.29, 0.717) is 25.9 Å². The van der Waals surface area contributed by atoms with E-state index in [1.807, 2.05) is 0 Å². The van der Waals surface area contributed by atoms with Gasteiger partial charge < -0.3 is 15.3 Å². The van der Waals surface area contributed by atoms with Gasteiger partial charge in [-0.25, -0.2) is 9.18 Å². The van der Waals surface area contributed by atoms with Crippen molar-refractivity contribution in [1.29, 1.82) is 0 Å². The van der Waals surface area contributed by atoms with Crippen LogP contribution in [-0.4, -0.2) is 47.8 Å². The van der Waals surface area contributed by atoms with Gasteiger partial charge in [-0.05, 0) is 12.8 Å². The van der Waals surface area contributed by atoms with Gasteiger partial charge in [-0.1, -0.05) is 0 Å². The summed E-state index contributed by atoms with van der Waals surface area (Å²) in [7, 11) is 0. The van der Waals surface area contributed by atoms with Crippen molar-refractivity contribution in [3.8, 4) is 0 Å². The van der Waals surface area contributed by atoms with Crippen LogP contribution in [0.5, 0.6) is 0 Å². The average Bonchev–Trinajstić information content (AvgIpc) is 2.17. The van der Waals surface area contributed by atoms with Gasteiger partial charge in [0.05, 0.1) is 0 Å². The minimum atomic E-state index is -1.06. The Labute approximate surface area is 80.9 Å². The van der Waals surface area contributed by atoms with Gasteiger partial charge in [-0.15, -0.1) is 0 Å². The molecule has 1 aliphatic heterocycles. The highest BCUT2D eigenvalue weighted by Gasteiger charge is 2.23. The van der Waals surface area contributed by atoms with Gasteiger partial charge in [-0.2, -0.15) is 0 Å². The fourth-order valence-electron chi connectivity index (χ4n) is 1.53. The summed E-state index contributed by atoms with van der Waals surface area (Å²) in [6, 6.07) is -0.115. The lowest BCUT2D eigenvalue weighted by Crippen LogP contribution is -2.46.